The van der Waals surface area contributed by atoms with E-state index in [9.17, 15) is 9.59 Å². The van der Waals surface area contributed by atoms with Crippen molar-refractivity contribution in [1.82, 2.24) is 4.90 Å². The van der Waals surface area contributed by atoms with Crippen LogP contribution in [0.15, 0.2) is 11.4 Å². The summed E-state index contributed by atoms with van der Waals surface area (Å²) in [4.78, 5) is 25.8. The Morgan fingerprint density at radius 3 is 3.00 bits per heavy atom. The molecule has 3 heterocycles. The first-order valence-electron chi connectivity index (χ1n) is 5.22. The van der Waals surface area contributed by atoms with E-state index in [1.807, 2.05) is 18.4 Å². The van der Waals surface area contributed by atoms with Crippen LogP contribution in [-0.2, 0) is 9.53 Å². The molecular weight excluding hydrogens is 226 g/mol. The molecule has 2 fully saturated rings. The summed E-state index contributed by atoms with van der Waals surface area (Å²) in [6.07, 6.45) is 0.581. The first kappa shape index (κ1) is 9.84. The number of likely N-dealkylation sites (tertiary alicyclic amines) is 1. The van der Waals surface area contributed by atoms with Gasteiger partial charge in [0, 0.05) is 6.42 Å². The molecule has 0 aliphatic carbocycles. The van der Waals surface area contributed by atoms with Crippen molar-refractivity contribution in [2.75, 3.05) is 6.54 Å². The fraction of sp³-hybridized carbons (Fsp3) is 0.455. The Kier molecular flexibility index (Phi) is 2.04. The minimum Gasteiger partial charge on any atom is -0.459 e. The molecular formula is C11H11NO3S. The van der Waals surface area contributed by atoms with Gasteiger partial charge in [-0.3, -0.25) is 4.79 Å². The van der Waals surface area contributed by atoms with Gasteiger partial charge >= 0.3 is 5.97 Å². The number of esters is 1. The number of fused-ring (bicyclic) bond motifs is 2. The number of aryl methyl sites for hydroxylation is 1. The Morgan fingerprint density at radius 2 is 2.44 bits per heavy atom. The molecule has 0 unspecified atom stereocenters. The lowest BCUT2D eigenvalue weighted by molar-refractivity contribution is -0.149. The average Bonchev–Trinajstić information content (AvgIpc) is 2.90. The molecule has 0 saturated carbocycles. The number of rotatable bonds is 1. The zero-order chi connectivity index (χ0) is 11.3. The SMILES string of the molecule is Cc1csc(C(=O)N2C[C@@H]3C[C@@H]2C(=O)O3)c1. The van der Waals surface area contributed by atoms with Gasteiger partial charge in [0.05, 0.1) is 11.4 Å². The van der Waals surface area contributed by atoms with Crippen molar-refractivity contribution in [3.05, 3.63) is 21.9 Å². The Balaban J connectivity index is 1.84. The third-order valence-electron chi connectivity index (χ3n) is 3.02. The van der Waals surface area contributed by atoms with Gasteiger partial charge in [-0.2, -0.15) is 0 Å². The summed E-state index contributed by atoms with van der Waals surface area (Å²) in [7, 11) is 0. The number of hydrogen-bond acceptors (Lipinski definition) is 4. The summed E-state index contributed by atoms with van der Waals surface area (Å²) in [5.41, 5.74) is 1.08. The van der Waals surface area contributed by atoms with Gasteiger partial charge in [-0.1, -0.05) is 0 Å². The fourth-order valence-electron chi connectivity index (χ4n) is 2.26. The van der Waals surface area contributed by atoms with E-state index < -0.39 is 0 Å². The minimum absolute atomic E-state index is 0.0396. The second-order valence-corrected chi connectivity index (χ2v) is 5.17. The van der Waals surface area contributed by atoms with E-state index in [4.69, 9.17) is 4.74 Å². The monoisotopic (exact) mass is 237 g/mol. The second kappa shape index (κ2) is 3.31. The van der Waals surface area contributed by atoms with Crippen LogP contribution < -0.4 is 0 Å². The first-order valence-corrected chi connectivity index (χ1v) is 6.10. The Morgan fingerprint density at radius 1 is 1.62 bits per heavy atom. The molecule has 0 N–H and O–H groups in total. The van der Waals surface area contributed by atoms with Crippen LogP contribution in [0.1, 0.15) is 21.7 Å². The van der Waals surface area contributed by atoms with E-state index in [2.05, 4.69) is 0 Å². The predicted octanol–water partition coefficient (Wildman–Crippen LogP) is 1.20. The molecule has 16 heavy (non-hydrogen) atoms. The summed E-state index contributed by atoms with van der Waals surface area (Å²) in [6, 6.07) is 1.52. The number of hydrogen-bond donors (Lipinski definition) is 0. The molecule has 84 valence electrons. The molecule has 0 spiro atoms. The van der Waals surface area contributed by atoms with Crippen molar-refractivity contribution in [2.24, 2.45) is 0 Å². The molecule has 1 aromatic heterocycles. The highest BCUT2D eigenvalue weighted by atomic mass is 32.1. The summed E-state index contributed by atoms with van der Waals surface area (Å²) in [6.45, 7) is 2.50. The zero-order valence-corrected chi connectivity index (χ0v) is 9.62. The number of carbonyl (C=O) groups is 2. The van der Waals surface area contributed by atoms with Gasteiger partial charge in [-0.25, -0.2) is 4.79 Å². The number of carbonyl (C=O) groups excluding carboxylic acids is 2. The Hall–Kier alpha value is -1.36. The smallest absolute Gasteiger partial charge is 0.329 e. The molecule has 1 aromatic rings. The minimum atomic E-state index is -0.347. The molecule has 5 heteroatoms. The standard InChI is InChI=1S/C11H11NO3S/c1-6-2-9(16-5-6)10(13)12-4-7-3-8(12)11(14)15-7/h2,5,7-8H,3-4H2,1H3/t7-,8+/m0/s1. The molecule has 4 nitrogen and oxygen atoms in total. The van der Waals surface area contributed by atoms with Crippen molar-refractivity contribution in [2.45, 2.75) is 25.5 Å². The van der Waals surface area contributed by atoms with Gasteiger partial charge in [-0.15, -0.1) is 11.3 Å². The Labute approximate surface area is 96.8 Å². The molecule has 2 saturated heterocycles. The molecule has 2 bridgehead atoms. The fourth-order valence-corrected chi connectivity index (χ4v) is 3.11. The van der Waals surface area contributed by atoms with Crippen LogP contribution in [-0.4, -0.2) is 35.5 Å². The van der Waals surface area contributed by atoms with Crippen LogP contribution in [0.3, 0.4) is 0 Å². The van der Waals surface area contributed by atoms with E-state index >= 15 is 0 Å². The number of morpholine rings is 1. The van der Waals surface area contributed by atoms with Gasteiger partial charge in [0.2, 0.25) is 0 Å². The largest absolute Gasteiger partial charge is 0.459 e. The van der Waals surface area contributed by atoms with Crippen molar-refractivity contribution in [3.8, 4) is 0 Å². The lowest BCUT2D eigenvalue weighted by atomic mass is 10.2. The predicted molar refractivity (Wildman–Crippen MR) is 58.4 cm³/mol. The van der Waals surface area contributed by atoms with Crippen molar-refractivity contribution < 1.29 is 14.3 Å². The zero-order valence-electron chi connectivity index (χ0n) is 8.80. The highest BCUT2D eigenvalue weighted by Gasteiger charge is 2.48. The third kappa shape index (κ3) is 1.35. The summed E-state index contributed by atoms with van der Waals surface area (Å²) < 4.78 is 5.05. The molecule has 0 aromatic carbocycles. The topological polar surface area (TPSA) is 46.6 Å². The van der Waals surface area contributed by atoms with Gasteiger partial charge in [0.15, 0.2) is 0 Å². The normalized spacial score (nSPS) is 27.3. The van der Waals surface area contributed by atoms with Gasteiger partial charge in [-0.05, 0) is 23.9 Å². The van der Waals surface area contributed by atoms with E-state index in [0.29, 0.717) is 17.8 Å². The summed E-state index contributed by atoms with van der Waals surface area (Å²) >= 11 is 1.43. The lowest BCUT2D eigenvalue weighted by Gasteiger charge is -2.25. The van der Waals surface area contributed by atoms with Crippen LogP contribution in [0, 0.1) is 6.92 Å². The molecule has 0 radical (unpaired) electrons. The summed E-state index contributed by atoms with van der Waals surface area (Å²) in [5.74, 6) is -0.292. The second-order valence-electron chi connectivity index (χ2n) is 4.26. The quantitative estimate of drug-likeness (QED) is 0.689. The third-order valence-corrected chi connectivity index (χ3v) is 4.06. The molecule has 3 rings (SSSR count). The highest BCUT2D eigenvalue weighted by molar-refractivity contribution is 7.12. The van der Waals surface area contributed by atoms with Crippen LogP contribution >= 0.6 is 11.3 Å². The van der Waals surface area contributed by atoms with Crippen LogP contribution in [0.25, 0.3) is 0 Å². The maximum Gasteiger partial charge on any atom is 0.329 e. The van der Waals surface area contributed by atoms with Gasteiger partial charge in [0.25, 0.3) is 5.91 Å². The molecule has 2 aliphatic heterocycles. The number of thiophene rings is 1. The van der Waals surface area contributed by atoms with Gasteiger partial charge in [0.1, 0.15) is 12.1 Å². The van der Waals surface area contributed by atoms with Crippen LogP contribution in [0.2, 0.25) is 0 Å². The first-order chi connectivity index (χ1) is 7.65. The maximum absolute atomic E-state index is 12.1. The van der Waals surface area contributed by atoms with Crippen molar-refractivity contribution in [1.29, 1.82) is 0 Å². The summed E-state index contributed by atoms with van der Waals surface area (Å²) in [5, 5.41) is 1.94. The number of ether oxygens (including phenoxy) is 1. The van der Waals surface area contributed by atoms with E-state index in [-0.39, 0.29) is 24.0 Å². The number of amides is 1. The van der Waals surface area contributed by atoms with Crippen LogP contribution in [0.4, 0.5) is 0 Å². The molecule has 1 amide bonds. The average molecular weight is 237 g/mol. The van der Waals surface area contributed by atoms with Crippen molar-refractivity contribution >= 4 is 23.2 Å². The maximum atomic E-state index is 12.1. The lowest BCUT2D eigenvalue weighted by Crippen LogP contribution is -2.44. The van der Waals surface area contributed by atoms with E-state index in [0.717, 1.165) is 5.56 Å². The molecule has 2 aliphatic rings. The van der Waals surface area contributed by atoms with Crippen molar-refractivity contribution in [3.63, 3.8) is 0 Å². The molecule has 2 atom stereocenters. The van der Waals surface area contributed by atoms with Crippen LogP contribution in [0.5, 0.6) is 0 Å². The number of nitrogens with zero attached hydrogens (tertiary/aromatic N) is 1. The van der Waals surface area contributed by atoms with Gasteiger partial charge < -0.3 is 9.64 Å². The van der Waals surface area contributed by atoms with E-state index in [1.165, 1.54) is 11.3 Å². The highest BCUT2D eigenvalue weighted by Crippen LogP contribution is 2.31. The Bertz CT molecular complexity index is 468. The van der Waals surface area contributed by atoms with E-state index in [1.54, 1.807) is 4.90 Å².